The standard InChI is InChI=1S/C19H24BrNO5/c1-3-7-26-19(25)18-17(20)16(15(4-2)21-18)12-6-5-11(8-22)13(9-23)14(12)10-24/h5-6,21-24H,3-4,7-10H2,1-2H3. The molecule has 0 aliphatic heterocycles. The third kappa shape index (κ3) is 3.86. The summed E-state index contributed by atoms with van der Waals surface area (Å²) in [5.41, 5.74) is 4.18. The van der Waals surface area contributed by atoms with E-state index in [2.05, 4.69) is 20.9 Å². The highest BCUT2D eigenvalue weighted by molar-refractivity contribution is 9.10. The predicted molar refractivity (Wildman–Crippen MR) is 102 cm³/mol. The molecular weight excluding hydrogens is 402 g/mol. The number of aliphatic hydroxyl groups is 3. The zero-order chi connectivity index (χ0) is 19.3. The summed E-state index contributed by atoms with van der Waals surface area (Å²) in [7, 11) is 0. The summed E-state index contributed by atoms with van der Waals surface area (Å²) >= 11 is 3.49. The fraction of sp³-hybridized carbons (Fsp3) is 0.421. The minimum Gasteiger partial charge on any atom is -0.461 e. The van der Waals surface area contributed by atoms with Crippen LogP contribution >= 0.6 is 15.9 Å². The maximum Gasteiger partial charge on any atom is 0.355 e. The monoisotopic (exact) mass is 425 g/mol. The first-order chi connectivity index (χ1) is 12.5. The van der Waals surface area contributed by atoms with Crippen LogP contribution in [0.25, 0.3) is 11.1 Å². The third-order valence-corrected chi connectivity index (χ3v) is 5.09. The lowest BCUT2D eigenvalue weighted by molar-refractivity contribution is 0.0497. The van der Waals surface area contributed by atoms with Gasteiger partial charge in [0.25, 0.3) is 0 Å². The van der Waals surface area contributed by atoms with Crippen molar-refractivity contribution in [1.82, 2.24) is 4.98 Å². The molecule has 1 aromatic heterocycles. The van der Waals surface area contributed by atoms with E-state index in [9.17, 15) is 20.1 Å². The van der Waals surface area contributed by atoms with E-state index in [1.54, 1.807) is 12.1 Å². The SMILES string of the molecule is CCCOC(=O)c1[nH]c(CC)c(-c2ccc(CO)c(CO)c2CO)c1Br. The lowest BCUT2D eigenvalue weighted by atomic mass is 9.92. The Hall–Kier alpha value is -1.67. The van der Waals surface area contributed by atoms with Gasteiger partial charge in [-0.2, -0.15) is 0 Å². The maximum atomic E-state index is 12.3. The number of esters is 1. The summed E-state index contributed by atoms with van der Waals surface area (Å²) in [6, 6.07) is 3.50. The van der Waals surface area contributed by atoms with Gasteiger partial charge in [0.15, 0.2) is 0 Å². The summed E-state index contributed by atoms with van der Waals surface area (Å²) in [5.74, 6) is -0.445. The van der Waals surface area contributed by atoms with Gasteiger partial charge in [-0.3, -0.25) is 0 Å². The molecule has 2 aromatic rings. The molecule has 26 heavy (non-hydrogen) atoms. The van der Waals surface area contributed by atoms with Crippen molar-refractivity contribution in [2.45, 2.75) is 46.5 Å². The Bertz CT molecular complexity index is 785. The van der Waals surface area contributed by atoms with Crippen LogP contribution in [0.1, 0.15) is 53.1 Å². The van der Waals surface area contributed by atoms with Crippen LogP contribution in [0.15, 0.2) is 16.6 Å². The van der Waals surface area contributed by atoms with E-state index >= 15 is 0 Å². The normalized spacial score (nSPS) is 11.0. The highest BCUT2D eigenvalue weighted by atomic mass is 79.9. The summed E-state index contributed by atoms with van der Waals surface area (Å²) < 4.78 is 5.78. The first kappa shape index (κ1) is 20.6. The molecule has 0 spiro atoms. The summed E-state index contributed by atoms with van der Waals surface area (Å²) in [5, 5.41) is 29.1. The lowest BCUT2D eigenvalue weighted by Gasteiger charge is -2.16. The molecule has 0 saturated carbocycles. The number of aromatic amines is 1. The predicted octanol–water partition coefficient (Wildman–Crippen LogP) is 3.05. The number of rotatable bonds is 8. The average molecular weight is 426 g/mol. The van der Waals surface area contributed by atoms with Crippen molar-refractivity contribution in [1.29, 1.82) is 0 Å². The molecular formula is C19H24BrNO5. The second-order valence-electron chi connectivity index (χ2n) is 5.86. The van der Waals surface area contributed by atoms with Crippen LogP contribution in [0, 0.1) is 0 Å². The molecule has 7 heteroatoms. The molecule has 0 bridgehead atoms. The van der Waals surface area contributed by atoms with Crippen LogP contribution in [0.5, 0.6) is 0 Å². The third-order valence-electron chi connectivity index (χ3n) is 4.30. The molecule has 0 fully saturated rings. The van der Waals surface area contributed by atoms with Crippen LogP contribution < -0.4 is 0 Å². The number of hydrogen-bond acceptors (Lipinski definition) is 5. The van der Waals surface area contributed by atoms with Crippen LogP contribution in [0.2, 0.25) is 0 Å². The molecule has 1 aromatic carbocycles. The Balaban J connectivity index is 2.65. The fourth-order valence-corrected chi connectivity index (χ4v) is 3.69. The van der Waals surface area contributed by atoms with Crippen LogP contribution in [-0.2, 0) is 31.0 Å². The van der Waals surface area contributed by atoms with Gasteiger partial charge in [0.2, 0.25) is 0 Å². The molecule has 0 atom stereocenters. The van der Waals surface area contributed by atoms with Crippen LogP contribution in [0.4, 0.5) is 0 Å². The van der Waals surface area contributed by atoms with E-state index in [1.807, 2.05) is 13.8 Å². The van der Waals surface area contributed by atoms with Gasteiger partial charge in [0.05, 0.1) is 30.9 Å². The van der Waals surface area contributed by atoms with Crippen molar-refractivity contribution in [3.8, 4) is 11.1 Å². The fourth-order valence-electron chi connectivity index (χ4n) is 2.98. The Morgan fingerprint density at radius 2 is 1.81 bits per heavy atom. The van der Waals surface area contributed by atoms with Gasteiger partial charge in [-0.1, -0.05) is 26.0 Å². The van der Waals surface area contributed by atoms with Crippen molar-refractivity contribution in [3.63, 3.8) is 0 Å². The Labute approximate surface area is 161 Å². The van der Waals surface area contributed by atoms with E-state index in [-0.39, 0.29) is 19.8 Å². The lowest BCUT2D eigenvalue weighted by Crippen LogP contribution is -2.07. The Morgan fingerprint density at radius 3 is 2.35 bits per heavy atom. The van der Waals surface area contributed by atoms with E-state index < -0.39 is 5.97 Å². The van der Waals surface area contributed by atoms with Crippen molar-refractivity contribution >= 4 is 21.9 Å². The second-order valence-corrected chi connectivity index (χ2v) is 6.65. The number of carbonyl (C=O) groups excluding carboxylic acids is 1. The van der Waals surface area contributed by atoms with Crippen molar-refractivity contribution < 1.29 is 24.9 Å². The highest BCUT2D eigenvalue weighted by Gasteiger charge is 2.24. The minimum absolute atomic E-state index is 0.229. The summed E-state index contributed by atoms with van der Waals surface area (Å²) in [6.45, 7) is 3.39. The number of aromatic nitrogens is 1. The zero-order valence-electron chi connectivity index (χ0n) is 14.9. The summed E-state index contributed by atoms with van der Waals surface area (Å²) in [4.78, 5) is 15.4. The topological polar surface area (TPSA) is 103 Å². The number of H-pyrrole nitrogens is 1. The number of aryl methyl sites for hydroxylation is 1. The van der Waals surface area contributed by atoms with Crippen molar-refractivity contribution in [3.05, 3.63) is 44.7 Å². The molecule has 0 aliphatic carbocycles. The van der Waals surface area contributed by atoms with Crippen LogP contribution in [0.3, 0.4) is 0 Å². The number of carbonyl (C=O) groups is 1. The Morgan fingerprint density at radius 1 is 1.12 bits per heavy atom. The molecule has 0 saturated heterocycles. The smallest absolute Gasteiger partial charge is 0.355 e. The van der Waals surface area contributed by atoms with Crippen LogP contribution in [-0.4, -0.2) is 32.9 Å². The number of hydrogen-bond donors (Lipinski definition) is 4. The second kappa shape index (κ2) is 9.32. The maximum absolute atomic E-state index is 12.3. The first-order valence-electron chi connectivity index (χ1n) is 8.57. The largest absolute Gasteiger partial charge is 0.461 e. The number of ether oxygens (including phenoxy) is 1. The first-order valence-corrected chi connectivity index (χ1v) is 9.37. The molecule has 4 N–H and O–H groups in total. The van der Waals surface area contributed by atoms with Gasteiger partial charge in [0.1, 0.15) is 5.69 Å². The van der Waals surface area contributed by atoms with Crippen molar-refractivity contribution in [2.75, 3.05) is 6.61 Å². The summed E-state index contributed by atoms with van der Waals surface area (Å²) in [6.07, 6.45) is 1.37. The van der Waals surface area contributed by atoms with Gasteiger partial charge in [-0.05, 0) is 51.0 Å². The molecule has 2 rings (SSSR count). The minimum atomic E-state index is -0.445. The quantitative estimate of drug-likeness (QED) is 0.486. The van der Waals surface area contributed by atoms with Gasteiger partial charge < -0.3 is 25.0 Å². The molecule has 0 radical (unpaired) electrons. The number of benzene rings is 1. The molecule has 1 heterocycles. The molecule has 142 valence electrons. The van der Waals surface area contributed by atoms with Gasteiger partial charge in [-0.25, -0.2) is 4.79 Å². The van der Waals surface area contributed by atoms with E-state index in [0.717, 1.165) is 17.7 Å². The molecule has 0 unspecified atom stereocenters. The van der Waals surface area contributed by atoms with Gasteiger partial charge in [0, 0.05) is 11.3 Å². The number of aliphatic hydroxyl groups excluding tert-OH is 3. The van der Waals surface area contributed by atoms with E-state index in [4.69, 9.17) is 4.74 Å². The number of nitrogens with one attached hydrogen (secondary N) is 1. The van der Waals surface area contributed by atoms with Gasteiger partial charge >= 0.3 is 5.97 Å². The van der Waals surface area contributed by atoms with E-state index in [0.29, 0.717) is 45.4 Å². The highest BCUT2D eigenvalue weighted by Crippen LogP contribution is 2.39. The van der Waals surface area contributed by atoms with E-state index in [1.165, 1.54) is 0 Å². The average Bonchev–Trinajstić information content (AvgIpc) is 3.00. The Kier molecular flexibility index (Phi) is 7.40. The molecule has 0 aliphatic rings. The number of halogens is 1. The zero-order valence-corrected chi connectivity index (χ0v) is 16.5. The molecule has 6 nitrogen and oxygen atoms in total. The molecule has 0 amide bonds. The van der Waals surface area contributed by atoms with Crippen molar-refractivity contribution in [2.24, 2.45) is 0 Å². The van der Waals surface area contributed by atoms with Gasteiger partial charge in [-0.15, -0.1) is 0 Å².